The molecule has 0 fully saturated rings. The van der Waals surface area contributed by atoms with Gasteiger partial charge in [0.2, 0.25) is 0 Å². The van der Waals surface area contributed by atoms with Gasteiger partial charge in [0, 0.05) is 0 Å². The molecule has 21 heavy (non-hydrogen) atoms. The van der Waals surface area contributed by atoms with Crippen molar-refractivity contribution in [3.8, 4) is 0 Å². The molecule has 0 bridgehead atoms. The molecule has 0 radical (unpaired) electrons. The molecule has 0 nitrogen and oxygen atoms in total. The van der Waals surface area contributed by atoms with Crippen LogP contribution >= 0.6 is 0 Å². The molecule has 0 aliphatic carbocycles. The Labute approximate surface area is 132 Å². The Morgan fingerprint density at radius 3 is 1.43 bits per heavy atom. The predicted octanol–water partition coefficient (Wildman–Crippen LogP) is 3.76. The van der Waals surface area contributed by atoms with E-state index in [0.29, 0.717) is 0 Å². The van der Waals surface area contributed by atoms with Gasteiger partial charge in [-0.2, -0.15) is 0 Å². The van der Waals surface area contributed by atoms with Gasteiger partial charge in [-0.25, -0.2) is 0 Å². The van der Waals surface area contributed by atoms with Crippen molar-refractivity contribution in [3.63, 3.8) is 0 Å². The first-order valence-electron chi connectivity index (χ1n) is 7.22. The summed E-state index contributed by atoms with van der Waals surface area (Å²) in [5.41, 5.74) is 0. The summed E-state index contributed by atoms with van der Waals surface area (Å²) in [6, 6.07) is 30.7. The van der Waals surface area contributed by atoms with E-state index in [0.717, 1.165) is 0 Å². The van der Waals surface area contributed by atoms with Gasteiger partial charge in [-0.1, -0.05) is 0 Å². The van der Waals surface area contributed by atoms with Crippen LogP contribution in [0.5, 0.6) is 0 Å². The van der Waals surface area contributed by atoms with Crippen molar-refractivity contribution in [2.75, 3.05) is 0 Å². The number of fused-ring (bicyclic) bond motifs is 2. The molecule has 98 valence electrons. The molecular formula is C20H15Al. The molecule has 4 aromatic rings. The van der Waals surface area contributed by atoms with Crippen LogP contribution in [0.4, 0.5) is 0 Å². The third-order valence-corrected chi connectivity index (χ3v) is 5.59. The Morgan fingerprint density at radius 2 is 0.905 bits per heavy atom. The van der Waals surface area contributed by atoms with E-state index >= 15 is 0 Å². The van der Waals surface area contributed by atoms with Gasteiger partial charge in [0.05, 0.1) is 0 Å². The molecule has 0 saturated carbocycles. The first kappa shape index (κ1) is 12.7. The van der Waals surface area contributed by atoms with Gasteiger partial charge in [0.15, 0.2) is 0 Å². The Morgan fingerprint density at radius 1 is 0.476 bits per heavy atom. The van der Waals surface area contributed by atoms with Crippen LogP contribution in [0.15, 0.2) is 84.9 Å². The number of hydrogen-bond acceptors (Lipinski definition) is 0. The average molecular weight is 282 g/mol. The van der Waals surface area contributed by atoms with Gasteiger partial charge >= 0.3 is 131 Å². The van der Waals surface area contributed by atoms with Crippen molar-refractivity contribution in [1.82, 2.24) is 0 Å². The van der Waals surface area contributed by atoms with Crippen LogP contribution in [0.2, 0.25) is 0 Å². The normalized spacial score (nSPS) is 10.7. The molecule has 0 amide bonds. The zero-order valence-electron chi connectivity index (χ0n) is 12.7. The molecule has 0 aromatic heterocycles. The minimum absolute atomic E-state index is 0. The van der Waals surface area contributed by atoms with E-state index in [2.05, 4.69) is 84.9 Å². The summed E-state index contributed by atoms with van der Waals surface area (Å²) >= 11 is 0.103. The summed E-state index contributed by atoms with van der Waals surface area (Å²) in [5.74, 6) is 0. The van der Waals surface area contributed by atoms with Crippen LogP contribution in [0.1, 0.15) is 1.43 Å². The Bertz CT molecular complexity index is 843. The SMILES string of the molecule is [H-].c1ccc2[c]([Al+][c]3cccc4ccccc34)cccc2c1. The maximum absolute atomic E-state index is 2.28. The quantitative estimate of drug-likeness (QED) is 0.491. The molecule has 0 heterocycles. The minimum atomic E-state index is 0. The van der Waals surface area contributed by atoms with Gasteiger partial charge in [0.25, 0.3) is 0 Å². The molecular weight excluding hydrogens is 267 g/mol. The Balaban J connectivity index is 0.00000144. The van der Waals surface area contributed by atoms with E-state index in [1.54, 1.807) is 0 Å². The monoisotopic (exact) mass is 282 g/mol. The number of benzene rings is 4. The molecule has 1 heteroatoms. The van der Waals surface area contributed by atoms with Crippen LogP contribution in [0.25, 0.3) is 21.5 Å². The van der Waals surface area contributed by atoms with E-state index < -0.39 is 0 Å². The van der Waals surface area contributed by atoms with Crippen molar-refractivity contribution in [1.29, 1.82) is 0 Å². The summed E-state index contributed by atoms with van der Waals surface area (Å²) in [5, 5.41) is 5.45. The molecule has 0 aliphatic heterocycles. The predicted molar refractivity (Wildman–Crippen MR) is 94.0 cm³/mol. The van der Waals surface area contributed by atoms with Crippen LogP contribution in [-0.2, 0) is 0 Å². The molecule has 4 rings (SSSR count). The first-order valence-corrected chi connectivity index (χ1v) is 8.37. The van der Waals surface area contributed by atoms with Crippen LogP contribution in [-0.4, -0.2) is 15.2 Å². The van der Waals surface area contributed by atoms with Gasteiger partial charge in [-0.05, 0) is 0 Å². The molecule has 0 N–H and O–H groups in total. The Hall–Kier alpha value is -2.07. The van der Waals surface area contributed by atoms with Crippen LogP contribution in [0.3, 0.4) is 0 Å². The molecule has 0 atom stereocenters. The molecule has 0 unspecified atom stereocenters. The summed E-state index contributed by atoms with van der Waals surface area (Å²) in [7, 11) is 0. The fourth-order valence-electron chi connectivity index (χ4n) is 2.92. The summed E-state index contributed by atoms with van der Waals surface area (Å²) in [6.07, 6.45) is 0. The zero-order valence-corrected chi connectivity index (χ0v) is 12.8. The second-order valence-corrected chi connectivity index (χ2v) is 6.81. The summed E-state index contributed by atoms with van der Waals surface area (Å²) < 4.78 is 2.95. The zero-order chi connectivity index (χ0) is 14.1. The standard InChI is InChI=1S/2C10H7.Al.H/c2*1-2-6-10-8-4-3-7-9(10)5-1;;/h2*1-7H;;/q;;+1;-1. The molecule has 0 spiro atoms. The molecule has 0 aliphatic rings. The van der Waals surface area contributed by atoms with E-state index in [1.165, 1.54) is 30.4 Å². The molecule has 0 saturated heterocycles. The van der Waals surface area contributed by atoms with Gasteiger partial charge in [-0.15, -0.1) is 0 Å². The van der Waals surface area contributed by atoms with Crippen molar-refractivity contribution < 1.29 is 1.43 Å². The number of hydrogen-bond donors (Lipinski definition) is 0. The van der Waals surface area contributed by atoms with Crippen molar-refractivity contribution >= 4 is 45.6 Å². The second-order valence-electron chi connectivity index (χ2n) is 5.28. The van der Waals surface area contributed by atoms with Crippen molar-refractivity contribution in [2.45, 2.75) is 0 Å². The van der Waals surface area contributed by atoms with Crippen molar-refractivity contribution in [2.24, 2.45) is 0 Å². The van der Waals surface area contributed by atoms with E-state index in [-0.39, 0.29) is 16.6 Å². The topological polar surface area (TPSA) is 0 Å². The molecule has 4 aromatic carbocycles. The average Bonchev–Trinajstić information content (AvgIpc) is 2.56. The maximum atomic E-state index is 2.28. The first-order chi connectivity index (χ1) is 10.4. The van der Waals surface area contributed by atoms with Crippen LogP contribution < -0.4 is 8.85 Å². The van der Waals surface area contributed by atoms with E-state index in [1.807, 2.05) is 0 Å². The van der Waals surface area contributed by atoms with Gasteiger partial charge in [0.1, 0.15) is 0 Å². The number of rotatable bonds is 2. The fourth-order valence-corrected chi connectivity index (χ4v) is 4.51. The van der Waals surface area contributed by atoms with E-state index in [9.17, 15) is 0 Å². The fraction of sp³-hybridized carbons (Fsp3) is 0. The van der Waals surface area contributed by atoms with Crippen LogP contribution in [0, 0.1) is 0 Å². The van der Waals surface area contributed by atoms with Gasteiger partial charge in [-0.3, -0.25) is 0 Å². The summed E-state index contributed by atoms with van der Waals surface area (Å²) in [6.45, 7) is 0. The van der Waals surface area contributed by atoms with Gasteiger partial charge < -0.3 is 1.43 Å². The third kappa shape index (κ3) is 2.36. The Kier molecular flexibility index (Phi) is 3.24. The van der Waals surface area contributed by atoms with Crippen molar-refractivity contribution in [3.05, 3.63) is 84.9 Å². The second kappa shape index (κ2) is 5.37. The summed E-state index contributed by atoms with van der Waals surface area (Å²) in [4.78, 5) is 0. The third-order valence-electron chi connectivity index (χ3n) is 3.96. The van der Waals surface area contributed by atoms with E-state index in [4.69, 9.17) is 0 Å².